The first-order valence-electron chi connectivity index (χ1n) is 5.56. The number of ether oxygens (including phenoxy) is 2. The number of aryl methyl sites for hydroxylation is 1. The average molecular weight is 290 g/mol. The van der Waals surface area contributed by atoms with Gasteiger partial charge in [-0.05, 0) is 19.1 Å². The van der Waals surface area contributed by atoms with Gasteiger partial charge in [0.15, 0.2) is 0 Å². The molecule has 0 saturated heterocycles. The predicted molar refractivity (Wildman–Crippen MR) is 68.2 cm³/mol. The Balaban J connectivity index is 2.83. The first-order valence-corrected chi connectivity index (χ1v) is 6.97. The van der Waals surface area contributed by atoms with Crippen LogP contribution >= 0.6 is 0 Å². The quantitative estimate of drug-likeness (QED) is 0.587. The van der Waals surface area contributed by atoms with Gasteiger partial charge in [0.2, 0.25) is 5.79 Å². The minimum absolute atomic E-state index is 0.0390. The molecule has 0 spiro atoms. The molecule has 0 radical (unpaired) electrons. The van der Waals surface area contributed by atoms with E-state index in [1.807, 2.05) is 6.92 Å². The number of rotatable bonds is 7. The Kier molecular flexibility index (Phi) is 5.45. The van der Waals surface area contributed by atoms with E-state index in [1.165, 1.54) is 26.4 Å². The van der Waals surface area contributed by atoms with Crippen LogP contribution in [-0.4, -0.2) is 46.7 Å². The highest BCUT2D eigenvalue weighted by molar-refractivity contribution is 7.86. The van der Waals surface area contributed by atoms with E-state index >= 15 is 0 Å². The maximum absolute atomic E-state index is 11.9. The van der Waals surface area contributed by atoms with Crippen LogP contribution in [0, 0.1) is 6.92 Å². The second-order valence-corrected chi connectivity index (χ2v) is 5.62. The zero-order chi connectivity index (χ0) is 14.5. The minimum Gasteiger partial charge on any atom is -0.391 e. The third-order valence-corrected chi connectivity index (χ3v) is 4.01. The lowest BCUT2D eigenvalue weighted by atomic mass is 10.2. The molecule has 0 saturated carbocycles. The van der Waals surface area contributed by atoms with Crippen LogP contribution < -0.4 is 0 Å². The Hall–Kier alpha value is -0.990. The van der Waals surface area contributed by atoms with E-state index in [0.717, 1.165) is 5.56 Å². The fourth-order valence-electron chi connectivity index (χ4n) is 1.32. The standard InChI is InChI=1S/C12H18O6S/c1-10-4-6-11(7-5-10)19(14,15)18-9-12(8-13,16-2)17-3/h4-7,13H,8-9H2,1-3H3. The van der Waals surface area contributed by atoms with Gasteiger partial charge in [-0.1, -0.05) is 17.7 Å². The molecule has 0 aromatic heterocycles. The lowest BCUT2D eigenvalue weighted by molar-refractivity contribution is -0.240. The molecule has 1 N–H and O–H groups in total. The van der Waals surface area contributed by atoms with E-state index in [2.05, 4.69) is 0 Å². The molecule has 0 fully saturated rings. The SMILES string of the molecule is COC(CO)(COS(=O)(=O)c1ccc(C)cc1)OC. The molecule has 0 heterocycles. The summed E-state index contributed by atoms with van der Waals surface area (Å²) in [4.78, 5) is 0.0390. The molecule has 0 bridgehead atoms. The summed E-state index contributed by atoms with van der Waals surface area (Å²) >= 11 is 0. The van der Waals surface area contributed by atoms with Crippen molar-refractivity contribution in [3.05, 3.63) is 29.8 Å². The molecule has 108 valence electrons. The van der Waals surface area contributed by atoms with Gasteiger partial charge in [-0.3, -0.25) is 4.18 Å². The van der Waals surface area contributed by atoms with Crippen molar-refractivity contribution in [1.29, 1.82) is 0 Å². The Morgan fingerprint density at radius 3 is 2.11 bits per heavy atom. The summed E-state index contributed by atoms with van der Waals surface area (Å²) in [5, 5.41) is 9.16. The first kappa shape index (κ1) is 16.1. The van der Waals surface area contributed by atoms with Gasteiger partial charge < -0.3 is 14.6 Å². The van der Waals surface area contributed by atoms with E-state index in [9.17, 15) is 8.42 Å². The second kappa shape index (κ2) is 6.44. The van der Waals surface area contributed by atoms with Crippen molar-refractivity contribution >= 4 is 10.1 Å². The topological polar surface area (TPSA) is 82.1 Å². The molecule has 19 heavy (non-hydrogen) atoms. The molecule has 1 aromatic rings. The number of methoxy groups -OCH3 is 2. The van der Waals surface area contributed by atoms with Crippen LogP contribution in [0.1, 0.15) is 5.56 Å². The van der Waals surface area contributed by atoms with Crippen LogP contribution in [0.5, 0.6) is 0 Å². The molecule has 1 aromatic carbocycles. The summed E-state index contributed by atoms with van der Waals surface area (Å²) in [5.41, 5.74) is 0.942. The van der Waals surface area contributed by atoms with Crippen LogP contribution in [0.4, 0.5) is 0 Å². The highest BCUT2D eigenvalue weighted by Gasteiger charge is 2.32. The van der Waals surface area contributed by atoms with Crippen LogP contribution in [0.2, 0.25) is 0 Å². The molecule has 0 atom stereocenters. The van der Waals surface area contributed by atoms with Crippen LogP contribution in [0.3, 0.4) is 0 Å². The highest BCUT2D eigenvalue weighted by atomic mass is 32.2. The van der Waals surface area contributed by atoms with Crippen LogP contribution in [0.15, 0.2) is 29.2 Å². The van der Waals surface area contributed by atoms with Crippen LogP contribution in [-0.2, 0) is 23.8 Å². The number of hydrogen-bond acceptors (Lipinski definition) is 6. The molecule has 7 heteroatoms. The Morgan fingerprint density at radius 2 is 1.68 bits per heavy atom. The van der Waals surface area contributed by atoms with Gasteiger partial charge >= 0.3 is 0 Å². The van der Waals surface area contributed by atoms with Crippen molar-refractivity contribution in [2.45, 2.75) is 17.6 Å². The summed E-state index contributed by atoms with van der Waals surface area (Å²) in [6.45, 7) is 0.889. The molecule has 0 aliphatic heterocycles. The highest BCUT2D eigenvalue weighted by Crippen LogP contribution is 2.17. The van der Waals surface area contributed by atoms with Crippen LogP contribution in [0.25, 0.3) is 0 Å². The molecule has 0 unspecified atom stereocenters. The van der Waals surface area contributed by atoms with Crippen molar-refractivity contribution < 1.29 is 27.2 Å². The largest absolute Gasteiger partial charge is 0.391 e. The Bertz CT molecular complexity index is 481. The fraction of sp³-hybridized carbons (Fsp3) is 0.500. The van der Waals surface area contributed by atoms with Crippen molar-refractivity contribution in [1.82, 2.24) is 0 Å². The third-order valence-electron chi connectivity index (χ3n) is 2.73. The Morgan fingerprint density at radius 1 is 1.16 bits per heavy atom. The summed E-state index contributed by atoms with van der Waals surface area (Å²) < 4.78 is 38.6. The summed E-state index contributed by atoms with van der Waals surface area (Å²) in [6, 6.07) is 6.24. The summed E-state index contributed by atoms with van der Waals surface area (Å²) in [6.07, 6.45) is 0. The van der Waals surface area contributed by atoms with Crippen molar-refractivity contribution in [2.24, 2.45) is 0 Å². The molecule has 1 rings (SSSR count). The zero-order valence-corrected chi connectivity index (χ0v) is 11.9. The van der Waals surface area contributed by atoms with Gasteiger partial charge in [-0.15, -0.1) is 0 Å². The van der Waals surface area contributed by atoms with E-state index < -0.39 is 29.1 Å². The maximum Gasteiger partial charge on any atom is 0.297 e. The third kappa shape index (κ3) is 3.99. The number of aliphatic hydroxyl groups is 1. The van der Waals surface area contributed by atoms with E-state index in [1.54, 1.807) is 12.1 Å². The van der Waals surface area contributed by atoms with E-state index in [0.29, 0.717) is 0 Å². The lowest BCUT2D eigenvalue weighted by Crippen LogP contribution is -2.43. The fourth-order valence-corrected chi connectivity index (χ4v) is 2.26. The molecule has 0 amide bonds. The van der Waals surface area contributed by atoms with E-state index in [4.69, 9.17) is 18.8 Å². The normalized spacial score (nSPS) is 12.6. The molecule has 0 aliphatic rings. The van der Waals surface area contributed by atoms with Gasteiger partial charge in [0, 0.05) is 14.2 Å². The second-order valence-electron chi connectivity index (χ2n) is 4.01. The average Bonchev–Trinajstić information content (AvgIpc) is 2.41. The Labute approximate surface area is 113 Å². The summed E-state index contributed by atoms with van der Waals surface area (Å²) in [5.74, 6) is -1.49. The zero-order valence-electron chi connectivity index (χ0n) is 11.1. The predicted octanol–water partition coefficient (Wildman–Crippen LogP) is 0.682. The van der Waals surface area contributed by atoms with Crippen molar-refractivity contribution in [3.63, 3.8) is 0 Å². The van der Waals surface area contributed by atoms with Gasteiger partial charge in [0.05, 0.1) is 11.5 Å². The lowest BCUT2D eigenvalue weighted by Gasteiger charge is -2.27. The number of aliphatic hydroxyl groups excluding tert-OH is 1. The van der Waals surface area contributed by atoms with Gasteiger partial charge in [-0.25, -0.2) is 0 Å². The van der Waals surface area contributed by atoms with Crippen molar-refractivity contribution in [3.8, 4) is 0 Å². The maximum atomic E-state index is 11.9. The summed E-state index contributed by atoms with van der Waals surface area (Å²) in [7, 11) is -1.33. The van der Waals surface area contributed by atoms with Gasteiger partial charge in [0.1, 0.15) is 6.61 Å². The van der Waals surface area contributed by atoms with Gasteiger partial charge in [-0.2, -0.15) is 8.42 Å². The minimum atomic E-state index is -3.91. The number of benzene rings is 1. The molecule has 0 aliphatic carbocycles. The monoisotopic (exact) mass is 290 g/mol. The number of hydrogen-bond donors (Lipinski definition) is 1. The van der Waals surface area contributed by atoms with Gasteiger partial charge in [0.25, 0.3) is 10.1 Å². The van der Waals surface area contributed by atoms with Crippen molar-refractivity contribution in [2.75, 3.05) is 27.4 Å². The molecular weight excluding hydrogens is 272 g/mol. The van der Waals surface area contributed by atoms with E-state index in [-0.39, 0.29) is 4.90 Å². The molecular formula is C12H18O6S. The molecule has 6 nitrogen and oxygen atoms in total. The smallest absolute Gasteiger partial charge is 0.297 e. The first-order chi connectivity index (χ1) is 8.89.